The number of ether oxygens (including phenoxy) is 2. The summed E-state index contributed by atoms with van der Waals surface area (Å²) >= 11 is 3.43. The number of hydrogen-bond donors (Lipinski definition) is 1. The fraction of sp³-hybridized carbons (Fsp3) is 0.158. The highest BCUT2D eigenvalue weighted by molar-refractivity contribution is 9.10. The normalized spacial score (nSPS) is 15.4. The predicted molar refractivity (Wildman–Crippen MR) is 102 cm³/mol. The summed E-state index contributed by atoms with van der Waals surface area (Å²) in [6.07, 6.45) is 1.53. The monoisotopic (exact) mass is 416 g/mol. The number of rotatable bonds is 4. The van der Waals surface area contributed by atoms with Gasteiger partial charge in [-0.3, -0.25) is 15.0 Å². The molecule has 7 heteroatoms. The average Bonchev–Trinajstić information content (AvgIpc) is 2.91. The molecule has 0 radical (unpaired) electrons. The minimum atomic E-state index is -0.461. The van der Waals surface area contributed by atoms with Gasteiger partial charge in [-0.05, 0) is 42.8 Å². The highest BCUT2D eigenvalue weighted by atomic mass is 79.9. The molecule has 2 amide bonds. The van der Waals surface area contributed by atoms with E-state index in [1.54, 1.807) is 24.3 Å². The molecule has 0 unspecified atom stereocenters. The SMILES string of the molecule is COc1cc(Br)c(C=C2C(=O)NN(c3ccc(C)cc3)C2=O)cc1OC. The van der Waals surface area contributed by atoms with Crippen LogP contribution in [0.4, 0.5) is 5.69 Å². The summed E-state index contributed by atoms with van der Waals surface area (Å²) in [6.45, 7) is 1.95. The highest BCUT2D eigenvalue weighted by Gasteiger charge is 2.34. The second kappa shape index (κ2) is 7.21. The van der Waals surface area contributed by atoms with Crippen molar-refractivity contribution in [1.29, 1.82) is 0 Å². The maximum absolute atomic E-state index is 12.7. The lowest BCUT2D eigenvalue weighted by Gasteiger charge is -2.14. The van der Waals surface area contributed by atoms with Crippen molar-refractivity contribution in [2.45, 2.75) is 6.92 Å². The molecule has 3 rings (SSSR count). The van der Waals surface area contributed by atoms with E-state index < -0.39 is 11.8 Å². The van der Waals surface area contributed by atoms with Gasteiger partial charge in [0.25, 0.3) is 11.8 Å². The molecule has 26 heavy (non-hydrogen) atoms. The summed E-state index contributed by atoms with van der Waals surface area (Å²) in [5.41, 5.74) is 4.92. The Bertz CT molecular complexity index is 907. The van der Waals surface area contributed by atoms with Crippen LogP contribution >= 0.6 is 15.9 Å². The first-order chi connectivity index (χ1) is 12.4. The average molecular weight is 417 g/mol. The van der Waals surface area contributed by atoms with Crippen LogP contribution in [0.3, 0.4) is 0 Å². The van der Waals surface area contributed by atoms with Crippen molar-refractivity contribution >= 4 is 39.5 Å². The Kier molecular flexibility index (Phi) is 4.99. The molecule has 2 aromatic carbocycles. The van der Waals surface area contributed by atoms with Gasteiger partial charge in [-0.15, -0.1) is 0 Å². The number of benzene rings is 2. The Labute approximate surface area is 159 Å². The summed E-state index contributed by atoms with van der Waals surface area (Å²) in [4.78, 5) is 25.0. The largest absolute Gasteiger partial charge is 0.493 e. The number of amides is 2. The van der Waals surface area contributed by atoms with Crippen LogP contribution < -0.4 is 19.9 Å². The summed E-state index contributed by atoms with van der Waals surface area (Å²) in [5.74, 6) is 0.173. The lowest BCUT2D eigenvalue weighted by molar-refractivity contribution is -0.117. The number of nitrogens with zero attached hydrogens (tertiary/aromatic N) is 1. The Morgan fingerprint density at radius 2 is 1.65 bits per heavy atom. The molecular weight excluding hydrogens is 400 g/mol. The minimum absolute atomic E-state index is 0.0403. The van der Waals surface area contributed by atoms with Crippen molar-refractivity contribution in [2.24, 2.45) is 0 Å². The molecule has 1 heterocycles. The lowest BCUT2D eigenvalue weighted by Crippen LogP contribution is -2.35. The summed E-state index contributed by atoms with van der Waals surface area (Å²) in [6, 6.07) is 10.7. The van der Waals surface area contributed by atoms with Gasteiger partial charge in [-0.2, -0.15) is 0 Å². The van der Waals surface area contributed by atoms with Gasteiger partial charge in [-0.25, -0.2) is 5.01 Å². The molecule has 2 aromatic rings. The maximum atomic E-state index is 12.7. The van der Waals surface area contributed by atoms with Gasteiger partial charge in [0.2, 0.25) is 0 Å². The molecule has 134 valence electrons. The first-order valence-electron chi connectivity index (χ1n) is 7.80. The Morgan fingerprint density at radius 3 is 2.27 bits per heavy atom. The van der Waals surface area contributed by atoms with E-state index in [9.17, 15) is 9.59 Å². The zero-order valence-electron chi connectivity index (χ0n) is 14.5. The fourth-order valence-electron chi connectivity index (χ4n) is 2.57. The number of carbonyl (C=O) groups is 2. The topological polar surface area (TPSA) is 67.9 Å². The van der Waals surface area contributed by atoms with Crippen molar-refractivity contribution in [3.63, 3.8) is 0 Å². The van der Waals surface area contributed by atoms with Gasteiger partial charge in [0.15, 0.2) is 11.5 Å². The molecule has 1 aliphatic heterocycles. The van der Waals surface area contributed by atoms with E-state index in [0.717, 1.165) is 5.56 Å². The second-order valence-corrected chi connectivity index (χ2v) is 6.56. The van der Waals surface area contributed by atoms with Crippen molar-refractivity contribution in [1.82, 2.24) is 5.43 Å². The van der Waals surface area contributed by atoms with Crippen molar-refractivity contribution < 1.29 is 19.1 Å². The number of hydrazine groups is 1. The molecule has 1 saturated heterocycles. The van der Waals surface area contributed by atoms with Gasteiger partial charge >= 0.3 is 0 Å². The van der Waals surface area contributed by atoms with Crippen LogP contribution in [0.25, 0.3) is 6.08 Å². The van der Waals surface area contributed by atoms with Crippen LogP contribution in [0, 0.1) is 6.92 Å². The third-order valence-corrected chi connectivity index (χ3v) is 4.67. The molecule has 0 aromatic heterocycles. The van der Waals surface area contributed by atoms with Gasteiger partial charge < -0.3 is 9.47 Å². The van der Waals surface area contributed by atoms with E-state index >= 15 is 0 Å². The van der Waals surface area contributed by atoms with E-state index in [1.807, 2.05) is 19.1 Å². The predicted octanol–water partition coefficient (Wildman–Crippen LogP) is 3.24. The molecule has 6 nitrogen and oxygen atoms in total. The smallest absolute Gasteiger partial charge is 0.282 e. The number of anilines is 1. The molecule has 0 aliphatic carbocycles. The number of methoxy groups -OCH3 is 2. The van der Waals surface area contributed by atoms with Crippen LogP contribution in [0.15, 0.2) is 46.4 Å². The molecule has 1 aliphatic rings. The zero-order chi connectivity index (χ0) is 18.8. The fourth-order valence-corrected chi connectivity index (χ4v) is 3.01. The van der Waals surface area contributed by atoms with Crippen LogP contribution in [0.1, 0.15) is 11.1 Å². The number of hydrogen-bond acceptors (Lipinski definition) is 4. The molecule has 1 N–H and O–H groups in total. The molecule has 0 bridgehead atoms. The number of halogens is 1. The van der Waals surface area contributed by atoms with E-state index in [-0.39, 0.29) is 5.57 Å². The highest BCUT2D eigenvalue weighted by Crippen LogP contribution is 2.35. The third kappa shape index (κ3) is 3.30. The van der Waals surface area contributed by atoms with Crippen molar-refractivity contribution in [3.8, 4) is 11.5 Å². The van der Waals surface area contributed by atoms with E-state index in [2.05, 4.69) is 21.4 Å². The Morgan fingerprint density at radius 1 is 1.04 bits per heavy atom. The first-order valence-corrected chi connectivity index (χ1v) is 8.59. The summed E-state index contributed by atoms with van der Waals surface area (Å²) < 4.78 is 11.2. The number of nitrogens with one attached hydrogen (secondary N) is 1. The van der Waals surface area contributed by atoms with E-state index in [4.69, 9.17) is 9.47 Å². The van der Waals surface area contributed by atoms with Crippen molar-refractivity contribution in [2.75, 3.05) is 19.2 Å². The maximum Gasteiger partial charge on any atom is 0.282 e. The minimum Gasteiger partial charge on any atom is -0.493 e. The van der Waals surface area contributed by atoms with Gasteiger partial charge in [0.1, 0.15) is 5.57 Å². The van der Waals surface area contributed by atoms with Gasteiger partial charge in [0.05, 0.1) is 19.9 Å². The lowest BCUT2D eigenvalue weighted by atomic mass is 10.1. The van der Waals surface area contributed by atoms with E-state index in [1.165, 1.54) is 25.3 Å². The molecule has 0 saturated carbocycles. The second-order valence-electron chi connectivity index (χ2n) is 5.70. The Balaban J connectivity index is 1.98. The molecule has 0 spiro atoms. The third-order valence-electron chi connectivity index (χ3n) is 3.99. The number of aryl methyl sites for hydroxylation is 1. The summed E-state index contributed by atoms with van der Waals surface area (Å²) in [7, 11) is 3.06. The van der Waals surface area contributed by atoms with Crippen LogP contribution in [0.5, 0.6) is 11.5 Å². The van der Waals surface area contributed by atoms with Gasteiger partial charge in [0, 0.05) is 4.47 Å². The zero-order valence-corrected chi connectivity index (χ0v) is 16.1. The molecule has 0 atom stereocenters. The number of carbonyl (C=O) groups excluding carboxylic acids is 2. The standard InChI is InChI=1S/C19H17BrN2O4/c1-11-4-6-13(7-5-11)22-19(24)14(18(23)21-22)8-12-9-16(25-2)17(26-3)10-15(12)20/h4-10H,1-3H3,(H,21,23). The van der Waals surface area contributed by atoms with Crippen LogP contribution in [-0.4, -0.2) is 26.0 Å². The van der Waals surface area contributed by atoms with Crippen molar-refractivity contribution in [3.05, 3.63) is 57.6 Å². The quantitative estimate of drug-likeness (QED) is 0.613. The Hall–Kier alpha value is -2.80. The molecule has 1 fully saturated rings. The van der Waals surface area contributed by atoms with Crippen LogP contribution in [0.2, 0.25) is 0 Å². The molecular formula is C19H17BrN2O4. The van der Waals surface area contributed by atoms with E-state index in [0.29, 0.717) is 27.2 Å². The first kappa shape index (κ1) is 18.0. The van der Waals surface area contributed by atoms with Gasteiger partial charge in [-0.1, -0.05) is 33.6 Å². The van der Waals surface area contributed by atoms with Crippen LogP contribution in [-0.2, 0) is 9.59 Å². The summed E-state index contributed by atoms with van der Waals surface area (Å²) in [5, 5.41) is 1.24.